The van der Waals surface area contributed by atoms with Crippen LogP contribution in [0, 0.1) is 11.8 Å². The fraction of sp³-hybridized carbons (Fsp3) is 0.667. The first-order chi connectivity index (χ1) is 11.1. The lowest BCUT2D eigenvalue weighted by Gasteiger charge is -2.41. The Morgan fingerprint density at radius 1 is 0.833 bits per heavy atom. The van der Waals surface area contributed by atoms with Crippen LogP contribution in [0.5, 0.6) is 0 Å². The minimum Gasteiger partial charge on any atom is -0.466 e. The fourth-order valence-corrected chi connectivity index (χ4v) is 5.89. The van der Waals surface area contributed by atoms with Gasteiger partial charge in [0.2, 0.25) is 0 Å². The van der Waals surface area contributed by atoms with Crippen LogP contribution in [-0.2, 0) is 28.5 Å². The molecule has 4 bridgehead atoms. The molecule has 2 fully saturated rings. The smallest absolute Gasteiger partial charge is 0.337 e. The molecule has 24 heavy (non-hydrogen) atoms. The molecule has 0 spiro atoms. The summed E-state index contributed by atoms with van der Waals surface area (Å²) in [4.78, 5) is 25.1. The molecule has 4 aliphatic heterocycles. The summed E-state index contributed by atoms with van der Waals surface area (Å²) in [5.41, 5.74) is -2.51. The van der Waals surface area contributed by atoms with E-state index >= 15 is 0 Å². The van der Waals surface area contributed by atoms with Crippen LogP contribution in [0.3, 0.4) is 0 Å². The van der Waals surface area contributed by atoms with E-state index in [0.29, 0.717) is 0 Å². The summed E-state index contributed by atoms with van der Waals surface area (Å²) in [7, 11) is 2.61. The third-order valence-electron chi connectivity index (χ3n) is 6.39. The van der Waals surface area contributed by atoms with Gasteiger partial charge < -0.3 is 18.9 Å². The normalized spacial score (nSPS) is 50.4. The predicted molar refractivity (Wildman–Crippen MR) is 83.0 cm³/mol. The Morgan fingerprint density at radius 3 is 1.54 bits per heavy atom. The molecule has 0 saturated carbocycles. The number of fused-ring (bicyclic) bond motifs is 9. The van der Waals surface area contributed by atoms with E-state index in [1.807, 2.05) is 39.8 Å². The molecular weight excluding hydrogens is 312 g/mol. The molecule has 6 nitrogen and oxygen atoms in total. The standard InChI is InChI=1S/C18H22O6/c1-15-7-8-16(2,23-15)12-11(15)17(3)9(13(19)21-5)10(14(20)22-6)18(12,4)24-17/h7-8,11-12H,1-6H3/t11-,12-,15+,16+,17-,18-/m0/s1. The summed E-state index contributed by atoms with van der Waals surface area (Å²) in [5.74, 6) is -1.29. The van der Waals surface area contributed by atoms with Crippen molar-refractivity contribution in [3.8, 4) is 0 Å². The zero-order valence-corrected chi connectivity index (χ0v) is 14.8. The lowest BCUT2D eigenvalue weighted by Crippen LogP contribution is -2.53. The zero-order chi connectivity index (χ0) is 17.7. The lowest BCUT2D eigenvalue weighted by molar-refractivity contribution is -0.143. The molecule has 4 rings (SSSR count). The Bertz CT molecular complexity index is 680. The van der Waals surface area contributed by atoms with E-state index in [1.54, 1.807) is 0 Å². The molecular formula is C18H22O6. The Kier molecular flexibility index (Phi) is 2.71. The first kappa shape index (κ1) is 15.8. The van der Waals surface area contributed by atoms with E-state index in [9.17, 15) is 9.59 Å². The maximum absolute atomic E-state index is 12.5. The van der Waals surface area contributed by atoms with Crippen LogP contribution in [0.15, 0.2) is 23.3 Å². The third-order valence-corrected chi connectivity index (χ3v) is 6.39. The average molecular weight is 334 g/mol. The largest absolute Gasteiger partial charge is 0.466 e. The highest BCUT2D eigenvalue weighted by Crippen LogP contribution is 2.72. The van der Waals surface area contributed by atoms with Gasteiger partial charge in [-0.05, 0) is 27.7 Å². The monoisotopic (exact) mass is 334 g/mol. The lowest BCUT2D eigenvalue weighted by atomic mass is 9.56. The molecule has 0 N–H and O–H groups in total. The Labute approximate surface area is 140 Å². The maximum Gasteiger partial charge on any atom is 0.337 e. The first-order valence-electron chi connectivity index (χ1n) is 8.10. The number of ether oxygens (including phenoxy) is 4. The molecule has 0 aliphatic carbocycles. The van der Waals surface area contributed by atoms with Crippen molar-refractivity contribution in [3.63, 3.8) is 0 Å². The number of rotatable bonds is 2. The van der Waals surface area contributed by atoms with Crippen LogP contribution in [-0.4, -0.2) is 48.6 Å². The van der Waals surface area contributed by atoms with Crippen molar-refractivity contribution in [2.45, 2.75) is 50.1 Å². The van der Waals surface area contributed by atoms with Gasteiger partial charge in [-0.25, -0.2) is 9.59 Å². The van der Waals surface area contributed by atoms with Crippen molar-refractivity contribution in [3.05, 3.63) is 23.3 Å². The zero-order valence-electron chi connectivity index (χ0n) is 14.8. The number of carbonyl (C=O) groups is 2. The van der Waals surface area contributed by atoms with Crippen molar-refractivity contribution in [2.24, 2.45) is 11.8 Å². The molecule has 6 heteroatoms. The highest BCUT2D eigenvalue weighted by atomic mass is 16.6. The van der Waals surface area contributed by atoms with Crippen LogP contribution >= 0.6 is 0 Å². The van der Waals surface area contributed by atoms with Crippen LogP contribution in [0.1, 0.15) is 27.7 Å². The molecule has 0 aromatic heterocycles. The van der Waals surface area contributed by atoms with Crippen LogP contribution in [0.4, 0.5) is 0 Å². The summed E-state index contributed by atoms with van der Waals surface area (Å²) in [5, 5.41) is 0. The second-order valence-corrected chi connectivity index (χ2v) is 7.81. The van der Waals surface area contributed by atoms with Crippen molar-refractivity contribution in [1.82, 2.24) is 0 Å². The summed E-state index contributed by atoms with van der Waals surface area (Å²) < 4.78 is 22.7. The first-order valence-corrected chi connectivity index (χ1v) is 8.10. The molecule has 4 aliphatic rings. The number of hydrogen-bond donors (Lipinski definition) is 0. The van der Waals surface area contributed by atoms with Gasteiger partial charge in [0.05, 0.1) is 36.6 Å². The minimum absolute atomic E-state index is 0.0903. The molecule has 6 atom stereocenters. The van der Waals surface area contributed by atoms with Gasteiger partial charge in [-0.1, -0.05) is 12.2 Å². The average Bonchev–Trinajstić information content (AvgIpc) is 3.13. The van der Waals surface area contributed by atoms with Crippen molar-refractivity contribution >= 4 is 11.9 Å². The van der Waals surface area contributed by atoms with Gasteiger partial charge in [-0.2, -0.15) is 0 Å². The Balaban J connectivity index is 2.00. The number of carbonyl (C=O) groups excluding carboxylic acids is 2. The van der Waals surface area contributed by atoms with E-state index in [1.165, 1.54) is 14.2 Å². The Hall–Kier alpha value is -1.66. The molecule has 4 heterocycles. The maximum atomic E-state index is 12.5. The summed E-state index contributed by atoms with van der Waals surface area (Å²) in [6.45, 7) is 7.71. The third kappa shape index (κ3) is 1.41. The summed E-state index contributed by atoms with van der Waals surface area (Å²) in [6.07, 6.45) is 4.08. The number of hydrogen-bond acceptors (Lipinski definition) is 6. The highest BCUT2D eigenvalue weighted by molar-refractivity contribution is 6.05. The van der Waals surface area contributed by atoms with Gasteiger partial charge >= 0.3 is 11.9 Å². The second kappa shape index (κ2) is 4.11. The van der Waals surface area contributed by atoms with Crippen LogP contribution in [0.25, 0.3) is 0 Å². The van der Waals surface area contributed by atoms with Crippen molar-refractivity contribution in [1.29, 1.82) is 0 Å². The molecule has 0 radical (unpaired) electrons. The summed E-state index contributed by atoms with van der Waals surface area (Å²) >= 11 is 0. The van der Waals surface area contributed by atoms with Gasteiger partial charge in [-0.3, -0.25) is 0 Å². The van der Waals surface area contributed by atoms with Gasteiger partial charge in [0.15, 0.2) is 0 Å². The number of methoxy groups -OCH3 is 2. The number of esters is 2. The molecule has 0 aromatic carbocycles. The second-order valence-electron chi connectivity index (χ2n) is 7.81. The highest BCUT2D eigenvalue weighted by Gasteiger charge is 2.81. The molecule has 0 unspecified atom stereocenters. The van der Waals surface area contributed by atoms with Crippen LogP contribution < -0.4 is 0 Å². The summed E-state index contributed by atoms with van der Waals surface area (Å²) in [6, 6.07) is 0. The van der Waals surface area contributed by atoms with E-state index in [4.69, 9.17) is 18.9 Å². The van der Waals surface area contributed by atoms with E-state index in [0.717, 1.165) is 0 Å². The van der Waals surface area contributed by atoms with Gasteiger partial charge in [0, 0.05) is 11.8 Å². The van der Waals surface area contributed by atoms with E-state index in [2.05, 4.69) is 0 Å². The minimum atomic E-state index is -0.965. The van der Waals surface area contributed by atoms with Crippen LogP contribution in [0.2, 0.25) is 0 Å². The van der Waals surface area contributed by atoms with Crippen molar-refractivity contribution in [2.75, 3.05) is 14.2 Å². The van der Waals surface area contributed by atoms with E-state index in [-0.39, 0.29) is 23.0 Å². The molecule has 0 aromatic rings. The SMILES string of the molecule is COC(=O)C1=C(C(=O)OC)[C@]2(C)O[C@]1(C)[C@H]1[C@H]2[C@@]2(C)C=C[C@@]1(C)O2. The predicted octanol–water partition coefficient (Wildman–Crippen LogP) is 1.54. The molecule has 2 saturated heterocycles. The van der Waals surface area contributed by atoms with Gasteiger partial charge in [-0.15, -0.1) is 0 Å². The van der Waals surface area contributed by atoms with Crippen molar-refractivity contribution < 1.29 is 28.5 Å². The van der Waals surface area contributed by atoms with Gasteiger partial charge in [0.25, 0.3) is 0 Å². The fourth-order valence-electron chi connectivity index (χ4n) is 5.89. The van der Waals surface area contributed by atoms with Gasteiger partial charge in [0.1, 0.15) is 11.2 Å². The van der Waals surface area contributed by atoms with E-state index < -0.39 is 34.3 Å². The topological polar surface area (TPSA) is 71.1 Å². The Morgan fingerprint density at radius 2 is 1.21 bits per heavy atom. The molecule has 0 amide bonds. The molecule has 130 valence electrons. The quantitative estimate of drug-likeness (QED) is 0.563.